The fraction of sp³-hybridized carbons (Fsp3) is 0.579. The molecule has 26 heavy (non-hydrogen) atoms. The summed E-state index contributed by atoms with van der Waals surface area (Å²) in [5, 5.41) is 5.11. The van der Waals surface area contributed by atoms with Crippen LogP contribution in [0.25, 0.3) is 0 Å². The molecule has 0 aliphatic rings. The summed E-state index contributed by atoms with van der Waals surface area (Å²) in [6, 6.07) is 4.86. The second-order valence-corrected chi connectivity index (χ2v) is 7.36. The molecule has 2 atom stereocenters. The molecule has 0 saturated carbocycles. The lowest BCUT2D eigenvalue weighted by molar-refractivity contribution is -0.908. The van der Waals surface area contributed by atoms with E-state index >= 15 is 0 Å². The van der Waals surface area contributed by atoms with E-state index in [4.69, 9.17) is 9.47 Å². The summed E-state index contributed by atoms with van der Waals surface area (Å²) in [7, 11) is 3.51. The van der Waals surface area contributed by atoms with Crippen LogP contribution in [0.5, 0.6) is 11.5 Å². The molecule has 1 aromatic carbocycles. The fourth-order valence-electron chi connectivity index (χ4n) is 2.39. The second-order valence-electron chi connectivity index (χ2n) is 7.36. The Bertz CT molecular complexity index is 626. The summed E-state index contributed by atoms with van der Waals surface area (Å²) in [5.41, 5.74) is 0.618. The van der Waals surface area contributed by atoms with Gasteiger partial charge in [-0.3, -0.25) is 10.1 Å². The smallest absolute Gasteiger partial charge is 0.322 e. The van der Waals surface area contributed by atoms with Gasteiger partial charge in [0.2, 0.25) is 0 Å². The van der Waals surface area contributed by atoms with Crippen molar-refractivity contribution < 1.29 is 24.0 Å². The highest BCUT2D eigenvalue weighted by atomic mass is 16.5. The zero-order valence-corrected chi connectivity index (χ0v) is 16.9. The molecule has 3 N–H and O–H groups in total. The summed E-state index contributed by atoms with van der Waals surface area (Å²) in [4.78, 5) is 25.1. The van der Waals surface area contributed by atoms with Gasteiger partial charge in [-0.05, 0) is 52.8 Å². The number of urea groups is 1. The molecule has 7 nitrogen and oxygen atoms in total. The molecule has 0 aliphatic heterocycles. The zero-order valence-electron chi connectivity index (χ0n) is 16.9. The van der Waals surface area contributed by atoms with Crippen LogP contribution in [0.1, 0.15) is 40.2 Å². The van der Waals surface area contributed by atoms with Crippen LogP contribution in [0.4, 0.5) is 4.79 Å². The first kappa shape index (κ1) is 21.8. The van der Waals surface area contributed by atoms with Gasteiger partial charge in [-0.2, -0.15) is 0 Å². The van der Waals surface area contributed by atoms with E-state index < -0.39 is 17.6 Å². The van der Waals surface area contributed by atoms with Crippen LogP contribution in [0.15, 0.2) is 18.2 Å². The van der Waals surface area contributed by atoms with Gasteiger partial charge < -0.3 is 19.7 Å². The van der Waals surface area contributed by atoms with E-state index in [1.807, 2.05) is 52.9 Å². The highest BCUT2D eigenvalue weighted by molar-refractivity contribution is 5.96. The Labute approximate surface area is 156 Å². The van der Waals surface area contributed by atoms with Gasteiger partial charge in [-0.15, -0.1) is 0 Å². The molecule has 7 heteroatoms. The molecule has 0 spiro atoms. The minimum atomic E-state index is -0.482. The van der Waals surface area contributed by atoms with E-state index in [9.17, 15) is 9.59 Å². The third-order valence-corrected chi connectivity index (χ3v) is 3.87. The predicted molar refractivity (Wildman–Crippen MR) is 101 cm³/mol. The van der Waals surface area contributed by atoms with E-state index in [0.29, 0.717) is 24.7 Å². The summed E-state index contributed by atoms with van der Waals surface area (Å²) in [5.74, 6) is 1.04. The number of methoxy groups -OCH3 is 1. The molecule has 0 saturated heterocycles. The molecule has 1 unspecified atom stereocenters. The van der Waals surface area contributed by atoms with E-state index in [0.717, 1.165) is 10.5 Å². The lowest BCUT2D eigenvalue weighted by Crippen LogP contribution is -3.12. The average molecular weight is 366 g/mol. The first-order chi connectivity index (χ1) is 12.1. The van der Waals surface area contributed by atoms with Gasteiger partial charge in [-0.25, -0.2) is 4.79 Å². The lowest BCUT2D eigenvalue weighted by atomic mass is 10.1. The fourth-order valence-corrected chi connectivity index (χ4v) is 2.39. The molecular formula is C19H32N3O4+. The van der Waals surface area contributed by atoms with Crippen molar-refractivity contribution in [2.24, 2.45) is 0 Å². The molecule has 1 aromatic rings. The van der Waals surface area contributed by atoms with E-state index in [1.54, 1.807) is 14.0 Å². The van der Waals surface area contributed by atoms with Gasteiger partial charge in [0.15, 0.2) is 17.5 Å². The number of carbonyl (C=O) groups excluding carboxylic acids is 2. The van der Waals surface area contributed by atoms with Crippen molar-refractivity contribution in [3.8, 4) is 11.5 Å². The van der Waals surface area contributed by atoms with Crippen molar-refractivity contribution in [2.45, 2.75) is 52.7 Å². The third-order valence-electron chi connectivity index (χ3n) is 3.87. The molecule has 146 valence electrons. The largest absolute Gasteiger partial charge is 0.493 e. The number of carbonyl (C=O) groups is 2. The van der Waals surface area contributed by atoms with Crippen molar-refractivity contribution in [1.29, 1.82) is 0 Å². The molecular weight excluding hydrogens is 334 g/mol. The maximum Gasteiger partial charge on any atom is 0.322 e. The van der Waals surface area contributed by atoms with E-state index in [2.05, 4.69) is 10.6 Å². The number of quaternary nitrogens is 1. The molecule has 0 aromatic heterocycles. The normalized spacial score (nSPS) is 13.5. The number of imide groups is 1. The number of nitrogens with one attached hydrogen (secondary N) is 3. The molecule has 0 aliphatic carbocycles. The number of amides is 3. The number of hydrogen-bond acceptors (Lipinski definition) is 4. The number of ether oxygens (including phenoxy) is 2. The van der Waals surface area contributed by atoms with Crippen LogP contribution in [-0.4, -0.2) is 44.3 Å². The van der Waals surface area contributed by atoms with Crippen LogP contribution in [0.3, 0.4) is 0 Å². The Morgan fingerprint density at radius 2 is 1.88 bits per heavy atom. The first-order valence-electron chi connectivity index (χ1n) is 8.82. The van der Waals surface area contributed by atoms with Gasteiger partial charge in [-0.1, -0.05) is 0 Å². The van der Waals surface area contributed by atoms with E-state index in [1.165, 1.54) is 0 Å². The zero-order chi connectivity index (χ0) is 19.9. The summed E-state index contributed by atoms with van der Waals surface area (Å²) in [6.07, 6.45) is 0. The Morgan fingerprint density at radius 3 is 2.42 bits per heavy atom. The summed E-state index contributed by atoms with van der Waals surface area (Å²) < 4.78 is 10.9. The van der Waals surface area contributed by atoms with Gasteiger partial charge in [0, 0.05) is 11.1 Å². The highest BCUT2D eigenvalue weighted by Crippen LogP contribution is 2.27. The van der Waals surface area contributed by atoms with E-state index in [-0.39, 0.29) is 5.91 Å². The van der Waals surface area contributed by atoms with Crippen molar-refractivity contribution in [3.63, 3.8) is 0 Å². The van der Waals surface area contributed by atoms with Gasteiger partial charge in [0.05, 0.1) is 20.8 Å². The second kappa shape index (κ2) is 9.43. The Balaban J connectivity index is 2.70. The third kappa shape index (κ3) is 6.92. The van der Waals surface area contributed by atoms with Crippen molar-refractivity contribution in [1.82, 2.24) is 10.6 Å². The Morgan fingerprint density at radius 1 is 1.23 bits per heavy atom. The van der Waals surface area contributed by atoms with Crippen molar-refractivity contribution >= 4 is 11.9 Å². The Kier molecular flexibility index (Phi) is 7.89. The molecule has 0 heterocycles. The predicted octanol–water partition coefficient (Wildman–Crippen LogP) is 1.12. The van der Waals surface area contributed by atoms with Gasteiger partial charge >= 0.3 is 6.03 Å². The average Bonchev–Trinajstić information content (AvgIpc) is 2.53. The Hall–Kier alpha value is -2.28. The first-order valence-corrected chi connectivity index (χ1v) is 8.82. The highest BCUT2D eigenvalue weighted by Gasteiger charge is 2.25. The molecule has 0 bridgehead atoms. The minimum absolute atomic E-state index is 0.317. The molecule has 0 radical (unpaired) electrons. The number of rotatable bonds is 7. The van der Waals surface area contributed by atoms with Crippen molar-refractivity contribution in [2.75, 3.05) is 20.8 Å². The number of likely N-dealkylation sites (N-methyl/N-ethyl adjacent to an activating group) is 1. The van der Waals surface area contributed by atoms with Crippen LogP contribution in [0.2, 0.25) is 0 Å². The lowest BCUT2D eigenvalue weighted by Gasteiger charge is -2.23. The maximum absolute atomic E-state index is 12.3. The van der Waals surface area contributed by atoms with Crippen LogP contribution in [0, 0.1) is 0 Å². The minimum Gasteiger partial charge on any atom is -0.493 e. The summed E-state index contributed by atoms with van der Waals surface area (Å²) >= 11 is 0. The maximum atomic E-state index is 12.3. The standard InChI is InChI=1S/C19H31N3O4/c1-8-26-15-10-9-14(11-16(15)25-7)12-22(6)13(2)17(23)20-18(24)21-19(3,4)5/h9-11,13H,8,12H2,1-7H3,(H2,20,21,23,24)/p+1/t13-/m0/s1. The van der Waals surface area contributed by atoms with Crippen LogP contribution in [-0.2, 0) is 11.3 Å². The molecule has 3 amide bonds. The monoisotopic (exact) mass is 366 g/mol. The quantitative estimate of drug-likeness (QED) is 0.676. The summed E-state index contributed by atoms with van der Waals surface area (Å²) in [6.45, 7) is 10.5. The number of hydrogen-bond donors (Lipinski definition) is 3. The topological polar surface area (TPSA) is 81.1 Å². The van der Waals surface area contributed by atoms with Crippen LogP contribution >= 0.6 is 0 Å². The van der Waals surface area contributed by atoms with Crippen LogP contribution < -0.4 is 25.0 Å². The van der Waals surface area contributed by atoms with Gasteiger partial charge in [0.25, 0.3) is 5.91 Å². The molecule has 0 fully saturated rings. The SMILES string of the molecule is CCOc1ccc(C[NH+](C)[C@@H](C)C(=O)NC(=O)NC(C)(C)C)cc1OC. The van der Waals surface area contributed by atoms with Crippen molar-refractivity contribution in [3.05, 3.63) is 23.8 Å². The molecule has 1 rings (SSSR count). The number of benzene rings is 1. The van der Waals surface area contributed by atoms with Gasteiger partial charge in [0.1, 0.15) is 6.54 Å².